The van der Waals surface area contributed by atoms with Gasteiger partial charge in [0.25, 0.3) is 0 Å². The number of ketones is 1. The second-order valence-electron chi connectivity index (χ2n) is 10.9. The fraction of sp³-hybridized carbons (Fsp3) is 0.483. The van der Waals surface area contributed by atoms with E-state index in [9.17, 15) is 14.4 Å². The number of nitrogens with zero attached hydrogens (tertiary/aromatic N) is 2. The molecule has 2 aromatic rings. The Labute approximate surface area is 234 Å². The molecule has 2 aromatic carbocycles. The Hall–Kier alpha value is -3.30. The molecule has 2 amide bonds. The van der Waals surface area contributed by atoms with Crippen molar-refractivity contribution in [3.8, 4) is 11.5 Å². The van der Waals surface area contributed by atoms with Crippen molar-refractivity contribution in [1.82, 2.24) is 15.1 Å². The van der Waals surface area contributed by atoms with Crippen LogP contribution in [0.2, 0.25) is 0 Å². The Morgan fingerprint density at radius 3 is 2.79 bits per heavy atom. The normalized spacial score (nSPS) is 26.0. The van der Waals surface area contributed by atoms with Crippen LogP contribution in [0.4, 0.5) is 9.59 Å². The van der Waals surface area contributed by atoms with Crippen LogP contribution in [0, 0.1) is 5.92 Å². The third-order valence-corrected chi connectivity index (χ3v) is 8.81. The molecule has 208 valence electrons. The first-order valence-corrected chi connectivity index (χ1v) is 13.3. The lowest BCUT2D eigenvalue weighted by Crippen LogP contribution is -2.65. The van der Waals surface area contributed by atoms with Crippen LogP contribution in [-0.2, 0) is 28.0 Å². The molecule has 9 nitrogen and oxygen atoms in total. The summed E-state index contributed by atoms with van der Waals surface area (Å²) in [4.78, 5) is 41.8. The highest BCUT2D eigenvalue weighted by Crippen LogP contribution is 2.63. The summed E-state index contributed by atoms with van der Waals surface area (Å²) in [5.41, 5.74) is 2.84. The molecule has 1 spiro atoms. The quantitative estimate of drug-likeness (QED) is 0.580. The minimum atomic E-state index is -0.559. The second kappa shape index (κ2) is 10.7. The van der Waals surface area contributed by atoms with Crippen molar-refractivity contribution in [2.24, 2.45) is 5.92 Å². The molecule has 2 aliphatic heterocycles. The molecule has 1 saturated heterocycles. The third kappa shape index (κ3) is 4.61. The summed E-state index contributed by atoms with van der Waals surface area (Å²) in [6.45, 7) is 1.54. The van der Waals surface area contributed by atoms with E-state index in [-0.39, 0.29) is 43.3 Å². The number of nitrogens with one attached hydrogen (secondary N) is 1. The Balaban J connectivity index is 0.00000308. The van der Waals surface area contributed by atoms with Gasteiger partial charge in [-0.2, -0.15) is 0 Å². The molecular formula is C29H34ClN3O6. The maximum absolute atomic E-state index is 13.0. The molecule has 0 radical (unpaired) electrons. The van der Waals surface area contributed by atoms with E-state index >= 15 is 0 Å². The molecule has 2 fully saturated rings. The highest BCUT2D eigenvalue weighted by Gasteiger charge is 2.65. The average Bonchev–Trinajstić information content (AvgIpc) is 3.28. The van der Waals surface area contributed by atoms with Gasteiger partial charge < -0.3 is 29.3 Å². The first-order valence-electron chi connectivity index (χ1n) is 13.3. The smallest absolute Gasteiger partial charge is 0.415 e. The molecule has 2 heterocycles. The number of Topliss-reactive ketones (excluding diaryl/α,β-unsaturated/α-hetero) is 1. The SMILES string of the molecule is CN(CCNC(=O)OCc1ccccc1)C(=O)Oc1ccc2c3c1O[C@H]1C(=O)CCC4[C@@H](C2)N(C)CC[C@@]341.Cl. The van der Waals surface area contributed by atoms with E-state index in [1.54, 1.807) is 13.1 Å². The lowest BCUT2D eigenvalue weighted by Gasteiger charge is -2.57. The molecular weight excluding hydrogens is 522 g/mol. The molecule has 6 rings (SSSR count). The molecule has 39 heavy (non-hydrogen) atoms. The zero-order valence-electron chi connectivity index (χ0n) is 22.2. The van der Waals surface area contributed by atoms with Gasteiger partial charge in [0.15, 0.2) is 23.4 Å². The minimum absolute atomic E-state index is 0. The van der Waals surface area contributed by atoms with E-state index in [1.165, 1.54) is 10.5 Å². The summed E-state index contributed by atoms with van der Waals surface area (Å²) >= 11 is 0. The zero-order chi connectivity index (χ0) is 26.4. The second-order valence-corrected chi connectivity index (χ2v) is 10.9. The minimum Gasteiger partial charge on any atom is -0.477 e. The van der Waals surface area contributed by atoms with Gasteiger partial charge in [0.2, 0.25) is 0 Å². The number of rotatable bonds is 6. The number of carbonyl (C=O) groups is 3. The summed E-state index contributed by atoms with van der Waals surface area (Å²) in [5.74, 6) is 1.41. The zero-order valence-corrected chi connectivity index (χ0v) is 23.0. The van der Waals surface area contributed by atoms with Crippen LogP contribution in [0.5, 0.6) is 11.5 Å². The maximum atomic E-state index is 13.0. The standard InChI is InChI=1S/C29H33N3O6.ClH/c1-31-14-12-29-20-9-10-22(33)26(29)38-25-23(11-8-19(24(25)29)16-21(20)31)37-28(35)32(2)15-13-30-27(34)36-17-18-6-4-3-5-7-18;/h3-8,11,20-21,26H,9-10,12-17H2,1-2H3,(H,30,34);1H/t20?,21-,26+,29+;/m1./s1. The van der Waals surface area contributed by atoms with Crippen LogP contribution in [0.3, 0.4) is 0 Å². The van der Waals surface area contributed by atoms with Crippen molar-refractivity contribution < 1.29 is 28.6 Å². The van der Waals surface area contributed by atoms with Gasteiger partial charge in [0, 0.05) is 43.6 Å². The number of benzene rings is 2. The topological polar surface area (TPSA) is 97.4 Å². The van der Waals surface area contributed by atoms with E-state index in [0.29, 0.717) is 29.9 Å². The average molecular weight is 556 g/mol. The summed E-state index contributed by atoms with van der Waals surface area (Å²) in [6, 6.07) is 13.6. The van der Waals surface area contributed by atoms with Gasteiger partial charge in [0.05, 0.1) is 0 Å². The van der Waals surface area contributed by atoms with Crippen LogP contribution in [-0.4, -0.2) is 73.6 Å². The summed E-state index contributed by atoms with van der Waals surface area (Å²) in [5, 5.41) is 2.65. The molecule has 10 heteroatoms. The molecule has 4 atom stereocenters. The number of piperidine rings is 1. The molecule has 1 N–H and O–H groups in total. The van der Waals surface area contributed by atoms with E-state index in [1.807, 2.05) is 36.4 Å². The van der Waals surface area contributed by atoms with Crippen molar-refractivity contribution >= 4 is 30.4 Å². The van der Waals surface area contributed by atoms with Gasteiger partial charge >= 0.3 is 12.2 Å². The number of halogens is 1. The van der Waals surface area contributed by atoms with Gasteiger partial charge in [0.1, 0.15) is 6.61 Å². The first kappa shape index (κ1) is 27.3. The lowest BCUT2D eigenvalue weighted by atomic mass is 9.52. The van der Waals surface area contributed by atoms with E-state index < -0.39 is 18.3 Å². The molecule has 4 aliphatic rings. The van der Waals surface area contributed by atoms with Gasteiger partial charge in [-0.05, 0) is 56.0 Å². The molecule has 2 bridgehead atoms. The van der Waals surface area contributed by atoms with Crippen LogP contribution in [0.15, 0.2) is 42.5 Å². The number of hydrogen-bond donors (Lipinski definition) is 1. The fourth-order valence-corrected chi connectivity index (χ4v) is 6.95. The molecule has 2 aliphatic carbocycles. The van der Waals surface area contributed by atoms with Crippen LogP contribution < -0.4 is 14.8 Å². The van der Waals surface area contributed by atoms with Gasteiger partial charge in [-0.1, -0.05) is 36.4 Å². The fourth-order valence-electron chi connectivity index (χ4n) is 6.95. The number of amides is 2. The number of ether oxygens (including phenoxy) is 3. The lowest BCUT2D eigenvalue weighted by molar-refractivity contribution is -0.138. The van der Waals surface area contributed by atoms with E-state index in [2.05, 4.69) is 17.3 Å². The number of alkyl carbamates (subject to hydrolysis) is 1. The number of likely N-dealkylation sites (N-methyl/N-ethyl adjacent to an activating group) is 2. The van der Waals surface area contributed by atoms with Crippen molar-refractivity contribution in [2.45, 2.75) is 49.9 Å². The highest BCUT2D eigenvalue weighted by atomic mass is 35.5. The molecule has 1 unspecified atom stereocenters. The summed E-state index contributed by atoms with van der Waals surface area (Å²) in [7, 11) is 3.78. The number of hydrogen-bond acceptors (Lipinski definition) is 7. The van der Waals surface area contributed by atoms with Crippen LogP contribution in [0.25, 0.3) is 0 Å². The Morgan fingerprint density at radius 2 is 2.00 bits per heavy atom. The Bertz CT molecular complexity index is 1270. The van der Waals surface area contributed by atoms with Gasteiger partial charge in [-0.25, -0.2) is 9.59 Å². The molecule has 1 saturated carbocycles. The van der Waals surface area contributed by atoms with E-state index in [4.69, 9.17) is 14.2 Å². The van der Waals surface area contributed by atoms with Crippen molar-refractivity contribution in [2.75, 3.05) is 33.7 Å². The predicted molar refractivity (Wildman–Crippen MR) is 146 cm³/mol. The van der Waals surface area contributed by atoms with Gasteiger partial charge in [-0.3, -0.25) is 4.79 Å². The highest BCUT2D eigenvalue weighted by molar-refractivity contribution is 5.89. The summed E-state index contributed by atoms with van der Waals surface area (Å²) < 4.78 is 17.4. The molecule has 0 aromatic heterocycles. The number of likely N-dealkylation sites (tertiary alicyclic amines) is 1. The van der Waals surface area contributed by atoms with Crippen LogP contribution >= 0.6 is 12.4 Å². The van der Waals surface area contributed by atoms with Crippen molar-refractivity contribution in [3.05, 3.63) is 59.2 Å². The number of carbonyl (C=O) groups excluding carboxylic acids is 3. The van der Waals surface area contributed by atoms with Crippen molar-refractivity contribution in [3.63, 3.8) is 0 Å². The van der Waals surface area contributed by atoms with E-state index in [0.717, 1.165) is 36.9 Å². The third-order valence-electron chi connectivity index (χ3n) is 8.81. The first-order chi connectivity index (χ1) is 18.4. The monoisotopic (exact) mass is 555 g/mol. The Kier molecular flexibility index (Phi) is 7.48. The summed E-state index contributed by atoms with van der Waals surface area (Å²) in [6.07, 6.45) is 1.57. The predicted octanol–water partition coefficient (Wildman–Crippen LogP) is 3.70. The van der Waals surface area contributed by atoms with Crippen LogP contribution in [0.1, 0.15) is 36.0 Å². The Morgan fingerprint density at radius 1 is 1.21 bits per heavy atom. The van der Waals surface area contributed by atoms with Gasteiger partial charge in [-0.15, -0.1) is 12.4 Å². The maximum Gasteiger partial charge on any atom is 0.415 e. The van der Waals surface area contributed by atoms with Crippen molar-refractivity contribution in [1.29, 1.82) is 0 Å². The largest absolute Gasteiger partial charge is 0.477 e.